The number of pyridine rings is 1. The standard InChI is InChI=1S/C21H24N2O2/c1-3-20(23-14-21(24)15-8-10-22-11-9-15)18-5-4-17-13-19(25-2)7-6-16(17)12-18/h4-13,20-21,23-24H,3,14H2,1-2H3. The van der Waals surface area contributed by atoms with Crippen LogP contribution in [0.4, 0.5) is 0 Å². The van der Waals surface area contributed by atoms with E-state index in [9.17, 15) is 5.11 Å². The van der Waals surface area contributed by atoms with Crippen molar-refractivity contribution >= 4 is 10.8 Å². The molecule has 0 fully saturated rings. The summed E-state index contributed by atoms with van der Waals surface area (Å²) < 4.78 is 5.28. The number of nitrogens with zero attached hydrogens (tertiary/aromatic N) is 1. The highest BCUT2D eigenvalue weighted by Crippen LogP contribution is 2.26. The molecule has 0 saturated carbocycles. The monoisotopic (exact) mass is 336 g/mol. The molecule has 2 atom stereocenters. The molecule has 0 amide bonds. The molecule has 2 N–H and O–H groups in total. The fourth-order valence-corrected chi connectivity index (χ4v) is 3.04. The van der Waals surface area contributed by atoms with Gasteiger partial charge in [0.1, 0.15) is 5.75 Å². The van der Waals surface area contributed by atoms with Crippen LogP contribution in [0, 0.1) is 0 Å². The zero-order valence-corrected chi connectivity index (χ0v) is 14.6. The first-order chi connectivity index (χ1) is 12.2. The quantitative estimate of drug-likeness (QED) is 0.684. The Morgan fingerprint density at radius 1 is 1.00 bits per heavy atom. The van der Waals surface area contributed by atoms with Gasteiger partial charge in [0.15, 0.2) is 0 Å². The van der Waals surface area contributed by atoms with Gasteiger partial charge in [-0.15, -0.1) is 0 Å². The molecule has 0 aliphatic carbocycles. The highest BCUT2D eigenvalue weighted by molar-refractivity contribution is 5.84. The molecule has 0 radical (unpaired) electrons. The lowest BCUT2D eigenvalue weighted by Gasteiger charge is -2.20. The van der Waals surface area contributed by atoms with Gasteiger partial charge >= 0.3 is 0 Å². The lowest BCUT2D eigenvalue weighted by Crippen LogP contribution is -2.26. The number of hydrogen-bond acceptors (Lipinski definition) is 4. The van der Waals surface area contributed by atoms with E-state index in [1.54, 1.807) is 19.5 Å². The first-order valence-electron chi connectivity index (χ1n) is 8.60. The van der Waals surface area contributed by atoms with Gasteiger partial charge < -0.3 is 15.2 Å². The zero-order valence-electron chi connectivity index (χ0n) is 14.6. The molecular weight excluding hydrogens is 312 g/mol. The number of rotatable bonds is 7. The maximum Gasteiger partial charge on any atom is 0.119 e. The summed E-state index contributed by atoms with van der Waals surface area (Å²) in [6, 6.07) is 16.5. The molecule has 130 valence electrons. The van der Waals surface area contributed by atoms with Crippen LogP contribution in [-0.2, 0) is 0 Å². The smallest absolute Gasteiger partial charge is 0.119 e. The van der Waals surface area contributed by atoms with Gasteiger partial charge in [-0.3, -0.25) is 4.98 Å². The summed E-state index contributed by atoms with van der Waals surface area (Å²) in [4.78, 5) is 3.99. The molecule has 0 bridgehead atoms. The average Bonchev–Trinajstić information content (AvgIpc) is 2.68. The number of nitrogens with one attached hydrogen (secondary N) is 1. The van der Waals surface area contributed by atoms with E-state index in [4.69, 9.17) is 4.74 Å². The average molecular weight is 336 g/mol. The number of aliphatic hydroxyl groups excluding tert-OH is 1. The van der Waals surface area contributed by atoms with Crippen molar-refractivity contribution < 1.29 is 9.84 Å². The third-order valence-electron chi connectivity index (χ3n) is 4.53. The Labute approximate surface area is 148 Å². The van der Waals surface area contributed by atoms with E-state index in [0.717, 1.165) is 23.1 Å². The number of ether oxygens (including phenoxy) is 1. The Balaban J connectivity index is 1.73. The highest BCUT2D eigenvalue weighted by atomic mass is 16.5. The Morgan fingerprint density at radius 2 is 1.72 bits per heavy atom. The predicted molar refractivity (Wildman–Crippen MR) is 101 cm³/mol. The fraction of sp³-hybridized carbons (Fsp3) is 0.286. The van der Waals surface area contributed by atoms with E-state index in [2.05, 4.69) is 41.5 Å². The molecule has 2 aromatic carbocycles. The normalized spacial score (nSPS) is 13.6. The van der Waals surface area contributed by atoms with Crippen LogP contribution in [0.25, 0.3) is 10.8 Å². The molecule has 4 nitrogen and oxygen atoms in total. The van der Waals surface area contributed by atoms with E-state index in [1.807, 2.05) is 24.3 Å². The first-order valence-corrected chi connectivity index (χ1v) is 8.60. The summed E-state index contributed by atoms with van der Waals surface area (Å²) in [5, 5.41) is 16.2. The van der Waals surface area contributed by atoms with Gasteiger partial charge in [0.25, 0.3) is 0 Å². The minimum absolute atomic E-state index is 0.197. The third kappa shape index (κ3) is 4.16. The van der Waals surface area contributed by atoms with Crippen molar-refractivity contribution in [2.75, 3.05) is 13.7 Å². The second-order valence-corrected chi connectivity index (χ2v) is 6.14. The van der Waals surface area contributed by atoms with Gasteiger partial charge in [0.05, 0.1) is 13.2 Å². The molecule has 3 rings (SSSR count). The minimum Gasteiger partial charge on any atom is -0.497 e. The van der Waals surface area contributed by atoms with Crippen LogP contribution in [0.1, 0.15) is 36.6 Å². The summed E-state index contributed by atoms with van der Waals surface area (Å²) in [5.74, 6) is 0.867. The summed E-state index contributed by atoms with van der Waals surface area (Å²) in [5.41, 5.74) is 2.10. The molecule has 1 heterocycles. The minimum atomic E-state index is -0.540. The second-order valence-electron chi connectivity index (χ2n) is 6.14. The van der Waals surface area contributed by atoms with Crippen LogP contribution in [0.15, 0.2) is 60.9 Å². The first kappa shape index (κ1) is 17.4. The van der Waals surface area contributed by atoms with Crippen molar-refractivity contribution in [3.63, 3.8) is 0 Å². The number of aromatic nitrogens is 1. The third-order valence-corrected chi connectivity index (χ3v) is 4.53. The molecule has 4 heteroatoms. The maximum atomic E-state index is 10.3. The molecular formula is C21H24N2O2. The van der Waals surface area contributed by atoms with Crippen LogP contribution in [0.3, 0.4) is 0 Å². The number of hydrogen-bond donors (Lipinski definition) is 2. The van der Waals surface area contributed by atoms with Gasteiger partial charge in [-0.1, -0.05) is 25.1 Å². The summed E-state index contributed by atoms with van der Waals surface area (Å²) >= 11 is 0. The topological polar surface area (TPSA) is 54.4 Å². The van der Waals surface area contributed by atoms with Gasteiger partial charge in [-0.05, 0) is 58.7 Å². The van der Waals surface area contributed by atoms with E-state index in [1.165, 1.54) is 10.9 Å². The lowest BCUT2D eigenvalue weighted by atomic mass is 9.99. The van der Waals surface area contributed by atoms with Crippen LogP contribution in [0.2, 0.25) is 0 Å². The van der Waals surface area contributed by atoms with E-state index >= 15 is 0 Å². The Hall–Kier alpha value is -2.43. The largest absolute Gasteiger partial charge is 0.497 e. The van der Waals surface area contributed by atoms with Crippen molar-refractivity contribution in [3.8, 4) is 5.75 Å². The van der Waals surface area contributed by atoms with Crippen molar-refractivity contribution in [3.05, 3.63) is 72.1 Å². The van der Waals surface area contributed by atoms with Gasteiger partial charge in [-0.25, -0.2) is 0 Å². The predicted octanol–water partition coefficient (Wildman–Crippen LogP) is 4.02. The molecule has 25 heavy (non-hydrogen) atoms. The molecule has 0 aliphatic rings. The fourth-order valence-electron chi connectivity index (χ4n) is 3.04. The maximum absolute atomic E-state index is 10.3. The zero-order chi connectivity index (χ0) is 17.6. The number of fused-ring (bicyclic) bond motifs is 1. The van der Waals surface area contributed by atoms with Crippen molar-refractivity contribution in [1.82, 2.24) is 10.3 Å². The Bertz CT molecular complexity index is 820. The lowest BCUT2D eigenvalue weighted by molar-refractivity contribution is 0.169. The molecule has 3 aromatic rings. The summed E-state index contributed by atoms with van der Waals surface area (Å²) in [6.45, 7) is 2.65. The van der Waals surface area contributed by atoms with Gasteiger partial charge in [0, 0.05) is 25.0 Å². The number of aliphatic hydroxyl groups is 1. The molecule has 2 unspecified atom stereocenters. The van der Waals surface area contributed by atoms with Crippen LogP contribution in [-0.4, -0.2) is 23.7 Å². The van der Waals surface area contributed by atoms with Crippen molar-refractivity contribution in [2.24, 2.45) is 0 Å². The number of methoxy groups -OCH3 is 1. The number of benzene rings is 2. The van der Waals surface area contributed by atoms with E-state index < -0.39 is 6.10 Å². The van der Waals surface area contributed by atoms with Gasteiger partial charge in [0.2, 0.25) is 0 Å². The van der Waals surface area contributed by atoms with E-state index in [0.29, 0.717) is 6.54 Å². The van der Waals surface area contributed by atoms with Crippen LogP contribution < -0.4 is 10.1 Å². The van der Waals surface area contributed by atoms with E-state index in [-0.39, 0.29) is 6.04 Å². The second kappa shape index (κ2) is 8.10. The summed E-state index contributed by atoms with van der Waals surface area (Å²) in [7, 11) is 1.68. The van der Waals surface area contributed by atoms with Gasteiger partial charge in [-0.2, -0.15) is 0 Å². The highest BCUT2D eigenvalue weighted by Gasteiger charge is 2.13. The molecule has 0 spiro atoms. The molecule has 0 aliphatic heterocycles. The summed E-state index contributed by atoms with van der Waals surface area (Å²) in [6.07, 6.45) is 3.81. The SMILES string of the molecule is CCC(NCC(O)c1ccncc1)c1ccc2cc(OC)ccc2c1. The Morgan fingerprint density at radius 3 is 2.44 bits per heavy atom. The van der Waals surface area contributed by atoms with Crippen LogP contribution >= 0.6 is 0 Å². The Kier molecular flexibility index (Phi) is 5.64. The van der Waals surface area contributed by atoms with Crippen molar-refractivity contribution in [2.45, 2.75) is 25.5 Å². The van der Waals surface area contributed by atoms with Crippen molar-refractivity contribution in [1.29, 1.82) is 0 Å². The van der Waals surface area contributed by atoms with Crippen LogP contribution in [0.5, 0.6) is 5.75 Å². The molecule has 1 aromatic heterocycles. The molecule has 0 saturated heterocycles.